The molecule has 0 amide bonds. The highest BCUT2D eigenvalue weighted by Gasteiger charge is 2.31. The third-order valence-electron chi connectivity index (χ3n) is 3.17. The van der Waals surface area contributed by atoms with E-state index in [-0.39, 0.29) is 6.10 Å². The number of hydrogen-bond acceptors (Lipinski definition) is 4. The Morgan fingerprint density at radius 1 is 1.47 bits per heavy atom. The van der Waals surface area contributed by atoms with Gasteiger partial charge in [-0.15, -0.1) is 0 Å². The van der Waals surface area contributed by atoms with Crippen LogP contribution in [-0.4, -0.2) is 61.5 Å². The number of nitrogens with zero attached hydrogens (tertiary/aromatic N) is 3. The van der Waals surface area contributed by atoms with E-state index >= 15 is 0 Å². The molecule has 0 N–H and O–H groups in total. The van der Waals surface area contributed by atoms with E-state index in [1.807, 2.05) is 13.0 Å². The second kappa shape index (κ2) is 6.52. The average molecular weight is 265 g/mol. The van der Waals surface area contributed by atoms with Crippen molar-refractivity contribution in [2.45, 2.75) is 13.0 Å². The lowest BCUT2D eigenvalue weighted by Crippen LogP contribution is -2.39. The minimum atomic E-state index is -0.341. The number of ether oxygens (including phenoxy) is 3. The van der Waals surface area contributed by atoms with E-state index in [1.54, 1.807) is 13.2 Å². The SMILES string of the molecule is CCOC1C=C(N2CCOCC2)C(OC)=CC1=[N+]=[N-]. The molecule has 0 spiro atoms. The van der Waals surface area contributed by atoms with Crippen LogP contribution in [0, 0.1) is 0 Å². The smallest absolute Gasteiger partial charge is 0.328 e. The molecule has 0 aromatic rings. The monoisotopic (exact) mass is 265 g/mol. The van der Waals surface area contributed by atoms with Gasteiger partial charge in [-0.05, 0) is 13.0 Å². The first-order valence-corrected chi connectivity index (χ1v) is 6.44. The number of hydrogen-bond donors (Lipinski definition) is 0. The molecule has 0 saturated carbocycles. The van der Waals surface area contributed by atoms with E-state index < -0.39 is 0 Å². The summed E-state index contributed by atoms with van der Waals surface area (Å²) in [6.45, 7) is 5.50. The van der Waals surface area contributed by atoms with Gasteiger partial charge in [-0.2, -0.15) is 4.79 Å². The van der Waals surface area contributed by atoms with Crippen LogP contribution in [0.5, 0.6) is 0 Å². The second-order valence-electron chi connectivity index (χ2n) is 4.26. The van der Waals surface area contributed by atoms with Crippen LogP contribution < -0.4 is 0 Å². The Bertz CT molecular complexity index is 432. The molecule has 1 heterocycles. The second-order valence-corrected chi connectivity index (χ2v) is 4.26. The third-order valence-corrected chi connectivity index (χ3v) is 3.17. The highest BCUT2D eigenvalue weighted by atomic mass is 16.5. The van der Waals surface area contributed by atoms with Gasteiger partial charge in [0.25, 0.3) is 0 Å². The molecular formula is C13H19N3O3. The van der Waals surface area contributed by atoms with Crippen LogP contribution >= 0.6 is 0 Å². The quantitative estimate of drug-likeness (QED) is 0.557. The molecule has 1 atom stereocenters. The molecule has 0 aromatic heterocycles. The summed E-state index contributed by atoms with van der Waals surface area (Å²) in [5, 5.41) is 0. The van der Waals surface area contributed by atoms with Crippen molar-refractivity contribution in [3.63, 3.8) is 0 Å². The molecule has 1 fully saturated rings. The summed E-state index contributed by atoms with van der Waals surface area (Å²) in [7, 11) is 1.61. The standard InChI is InChI=1S/C13H19N3O3/c1-3-19-12-9-11(16-4-6-18-7-5-16)13(17-2)8-10(12)15-14/h8-9,12H,3-7H2,1-2H3. The van der Waals surface area contributed by atoms with E-state index in [4.69, 9.17) is 19.7 Å². The summed E-state index contributed by atoms with van der Waals surface area (Å²) in [4.78, 5) is 5.47. The molecule has 1 aliphatic carbocycles. The fourth-order valence-electron chi connectivity index (χ4n) is 2.23. The van der Waals surface area contributed by atoms with Crippen molar-refractivity contribution in [3.8, 4) is 0 Å². The van der Waals surface area contributed by atoms with Gasteiger partial charge in [-0.1, -0.05) is 0 Å². The molecule has 1 aliphatic heterocycles. The van der Waals surface area contributed by atoms with Crippen LogP contribution in [0.25, 0.3) is 5.53 Å². The van der Waals surface area contributed by atoms with Crippen LogP contribution in [0.1, 0.15) is 6.92 Å². The van der Waals surface area contributed by atoms with Gasteiger partial charge >= 0.3 is 5.71 Å². The van der Waals surface area contributed by atoms with Crippen LogP contribution in [-0.2, 0) is 14.2 Å². The average Bonchev–Trinajstić information content (AvgIpc) is 2.48. The van der Waals surface area contributed by atoms with E-state index in [0.29, 0.717) is 31.3 Å². The van der Waals surface area contributed by atoms with E-state index in [2.05, 4.69) is 9.69 Å². The van der Waals surface area contributed by atoms with Gasteiger partial charge in [0.15, 0.2) is 6.10 Å². The predicted octanol–water partition coefficient (Wildman–Crippen LogP) is 0.822. The summed E-state index contributed by atoms with van der Waals surface area (Å²) in [6, 6.07) is 0. The molecule has 0 aromatic carbocycles. The molecule has 1 unspecified atom stereocenters. The predicted molar refractivity (Wildman–Crippen MR) is 69.6 cm³/mol. The summed E-state index contributed by atoms with van der Waals surface area (Å²) >= 11 is 0. The normalized spacial score (nSPS) is 23.6. The first-order valence-electron chi connectivity index (χ1n) is 6.44. The van der Waals surface area contributed by atoms with Crippen molar-refractivity contribution in [3.05, 3.63) is 29.1 Å². The fourth-order valence-corrected chi connectivity index (χ4v) is 2.23. The minimum absolute atomic E-state index is 0.341. The molecule has 1 saturated heterocycles. The first-order chi connectivity index (χ1) is 9.30. The largest absolute Gasteiger partial charge is 0.494 e. The number of rotatable bonds is 4. The lowest BCUT2D eigenvalue weighted by Gasteiger charge is -2.33. The first kappa shape index (κ1) is 13.8. The van der Waals surface area contributed by atoms with Crippen molar-refractivity contribution in [1.82, 2.24) is 4.90 Å². The van der Waals surface area contributed by atoms with E-state index in [0.717, 1.165) is 18.8 Å². The lowest BCUT2D eigenvalue weighted by atomic mass is 10.0. The number of methoxy groups -OCH3 is 1. The van der Waals surface area contributed by atoms with E-state index in [1.165, 1.54) is 0 Å². The van der Waals surface area contributed by atoms with Crippen molar-refractivity contribution >= 4 is 5.71 Å². The Labute approximate surface area is 112 Å². The van der Waals surface area contributed by atoms with Crippen LogP contribution in [0.15, 0.2) is 23.6 Å². The van der Waals surface area contributed by atoms with Gasteiger partial charge in [0.1, 0.15) is 5.76 Å². The van der Waals surface area contributed by atoms with Crippen molar-refractivity contribution in [1.29, 1.82) is 0 Å². The van der Waals surface area contributed by atoms with Crippen LogP contribution in [0.2, 0.25) is 0 Å². The lowest BCUT2D eigenvalue weighted by molar-refractivity contribution is -0.0228. The maximum Gasteiger partial charge on any atom is 0.328 e. The Balaban J connectivity index is 2.27. The fraction of sp³-hybridized carbons (Fsp3) is 0.615. The highest BCUT2D eigenvalue weighted by Crippen LogP contribution is 2.23. The van der Waals surface area contributed by atoms with Gasteiger partial charge in [0, 0.05) is 19.7 Å². The van der Waals surface area contributed by atoms with Gasteiger partial charge in [0.05, 0.1) is 32.1 Å². The van der Waals surface area contributed by atoms with E-state index in [9.17, 15) is 0 Å². The molecule has 0 bridgehead atoms. The zero-order valence-corrected chi connectivity index (χ0v) is 11.3. The van der Waals surface area contributed by atoms with Crippen molar-refractivity contribution in [2.75, 3.05) is 40.0 Å². The molecule has 19 heavy (non-hydrogen) atoms. The highest BCUT2D eigenvalue weighted by molar-refractivity contribution is 5.97. The van der Waals surface area contributed by atoms with Gasteiger partial charge in [-0.25, -0.2) is 0 Å². The van der Waals surface area contributed by atoms with Crippen molar-refractivity contribution in [2.24, 2.45) is 0 Å². The summed E-state index contributed by atoms with van der Waals surface area (Å²) in [5.41, 5.74) is 10.5. The summed E-state index contributed by atoms with van der Waals surface area (Å²) in [6.07, 6.45) is 3.31. The Kier molecular flexibility index (Phi) is 4.74. The molecule has 0 radical (unpaired) electrons. The summed E-state index contributed by atoms with van der Waals surface area (Å²) < 4.78 is 16.3. The minimum Gasteiger partial charge on any atom is -0.494 e. The Morgan fingerprint density at radius 3 is 2.79 bits per heavy atom. The summed E-state index contributed by atoms with van der Waals surface area (Å²) in [5.74, 6) is 0.686. The topological polar surface area (TPSA) is 67.3 Å². The zero-order chi connectivity index (χ0) is 13.7. The van der Waals surface area contributed by atoms with Gasteiger partial charge < -0.3 is 24.6 Å². The van der Waals surface area contributed by atoms with Gasteiger partial charge in [0.2, 0.25) is 0 Å². The third kappa shape index (κ3) is 3.04. The maximum absolute atomic E-state index is 9.04. The molecular weight excluding hydrogens is 246 g/mol. The molecule has 104 valence electrons. The Morgan fingerprint density at radius 2 is 2.21 bits per heavy atom. The maximum atomic E-state index is 9.04. The van der Waals surface area contributed by atoms with Crippen molar-refractivity contribution < 1.29 is 19.0 Å². The van der Waals surface area contributed by atoms with Gasteiger partial charge in [-0.3, -0.25) is 0 Å². The zero-order valence-electron chi connectivity index (χ0n) is 11.3. The number of morpholine rings is 1. The Hall–Kier alpha value is -1.62. The molecule has 2 aliphatic rings. The molecule has 6 nitrogen and oxygen atoms in total. The van der Waals surface area contributed by atoms with Crippen LogP contribution in [0.4, 0.5) is 0 Å². The molecule has 2 rings (SSSR count). The van der Waals surface area contributed by atoms with Crippen LogP contribution in [0.3, 0.4) is 0 Å². The molecule has 6 heteroatoms.